The minimum atomic E-state index is -0.166. The van der Waals surface area contributed by atoms with Crippen molar-refractivity contribution < 1.29 is 14.4 Å². The Kier molecular flexibility index (Phi) is 5.69. The number of carbonyl (C=O) groups excluding carboxylic acids is 3. The SMILES string of the molecule is Cc1cccc(C)c1N1CCN(C(=O)c2ccc(N3C(=O)C4CCCCC4C3=O)cc2)CC1. The average molecular weight is 446 g/mol. The summed E-state index contributed by atoms with van der Waals surface area (Å²) in [5, 5.41) is 0. The van der Waals surface area contributed by atoms with Gasteiger partial charge in [-0.1, -0.05) is 31.0 Å². The van der Waals surface area contributed by atoms with Crippen molar-refractivity contribution in [3.8, 4) is 0 Å². The first-order valence-electron chi connectivity index (χ1n) is 12.0. The lowest BCUT2D eigenvalue weighted by molar-refractivity contribution is -0.122. The van der Waals surface area contributed by atoms with E-state index in [1.54, 1.807) is 24.3 Å². The van der Waals surface area contributed by atoms with Gasteiger partial charge in [-0.2, -0.15) is 0 Å². The van der Waals surface area contributed by atoms with E-state index < -0.39 is 0 Å². The number of para-hydroxylation sites is 1. The normalized spacial score (nSPS) is 23.2. The first-order valence-corrected chi connectivity index (χ1v) is 12.0. The summed E-state index contributed by atoms with van der Waals surface area (Å²) < 4.78 is 0. The minimum Gasteiger partial charge on any atom is -0.368 e. The Balaban J connectivity index is 1.25. The van der Waals surface area contributed by atoms with E-state index in [1.165, 1.54) is 21.7 Å². The number of piperazine rings is 1. The molecule has 33 heavy (non-hydrogen) atoms. The lowest BCUT2D eigenvalue weighted by Gasteiger charge is -2.37. The Morgan fingerprint density at radius 3 is 1.88 bits per heavy atom. The molecule has 1 saturated carbocycles. The number of carbonyl (C=O) groups is 3. The third-order valence-electron chi connectivity index (χ3n) is 7.54. The third-order valence-corrected chi connectivity index (χ3v) is 7.54. The number of amides is 3. The highest BCUT2D eigenvalue weighted by molar-refractivity contribution is 6.22. The van der Waals surface area contributed by atoms with Crippen molar-refractivity contribution in [1.29, 1.82) is 0 Å². The minimum absolute atomic E-state index is 0.00421. The van der Waals surface area contributed by atoms with Gasteiger partial charge in [0.15, 0.2) is 0 Å². The Bertz CT molecular complexity index is 1040. The largest absolute Gasteiger partial charge is 0.368 e. The van der Waals surface area contributed by atoms with Gasteiger partial charge in [0, 0.05) is 37.4 Å². The molecule has 0 radical (unpaired) electrons. The molecule has 0 aromatic heterocycles. The standard InChI is InChI=1S/C27H31N3O3/c1-18-6-5-7-19(2)24(18)28-14-16-29(17-15-28)25(31)20-10-12-21(13-11-20)30-26(32)22-8-3-4-9-23(22)27(30)33/h5-7,10-13,22-23H,3-4,8-9,14-17H2,1-2H3. The number of hydrogen-bond acceptors (Lipinski definition) is 4. The summed E-state index contributed by atoms with van der Waals surface area (Å²) in [5.41, 5.74) is 4.97. The predicted molar refractivity (Wildman–Crippen MR) is 128 cm³/mol. The maximum atomic E-state index is 13.1. The summed E-state index contributed by atoms with van der Waals surface area (Å²) in [6.45, 7) is 7.20. The zero-order valence-corrected chi connectivity index (χ0v) is 19.4. The first-order chi connectivity index (χ1) is 16.0. The number of hydrogen-bond donors (Lipinski definition) is 0. The number of nitrogens with zero attached hydrogens (tertiary/aromatic N) is 3. The number of fused-ring (bicyclic) bond motifs is 1. The van der Waals surface area contributed by atoms with E-state index in [4.69, 9.17) is 0 Å². The number of imide groups is 1. The highest BCUT2D eigenvalue weighted by Gasteiger charge is 2.48. The Labute approximate surface area is 195 Å². The molecule has 5 rings (SSSR count). The van der Waals surface area contributed by atoms with Crippen LogP contribution in [-0.2, 0) is 9.59 Å². The van der Waals surface area contributed by atoms with Crippen LogP contribution < -0.4 is 9.80 Å². The van der Waals surface area contributed by atoms with Gasteiger partial charge in [-0.15, -0.1) is 0 Å². The van der Waals surface area contributed by atoms with E-state index in [1.807, 2.05) is 4.90 Å². The van der Waals surface area contributed by atoms with Gasteiger partial charge in [-0.05, 0) is 62.1 Å². The third kappa shape index (κ3) is 3.81. The molecule has 0 spiro atoms. The van der Waals surface area contributed by atoms with Gasteiger partial charge in [0.05, 0.1) is 17.5 Å². The molecule has 6 nitrogen and oxygen atoms in total. The van der Waals surface area contributed by atoms with E-state index >= 15 is 0 Å². The smallest absolute Gasteiger partial charge is 0.253 e. The van der Waals surface area contributed by atoms with Crippen LogP contribution >= 0.6 is 0 Å². The van der Waals surface area contributed by atoms with Crippen molar-refractivity contribution in [1.82, 2.24) is 4.90 Å². The summed E-state index contributed by atoms with van der Waals surface area (Å²) in [7, 11) is 0. The molecule has 3 fully saturated rings. The monoisotopic (exact) mass is 445 g/mol. The molecular formula is C27H31N3O3. The molecule has 2 aliphatic heterocycles. The van der Waals surface area contributed by atoms with Crippen LogP contribution in [0.2, 0.25) is 0 Å². The molecule has 2 unspecified atom stereocenters. The molecule has 2 heterocycles. The van der Waals surface area contributed by atoms with Gasteiger partial charge in [0.2, 0.25) is 11.8 Å². The summed E-state index contributed by atoms with van der Waals surface area (Å²) >= 11 is 0. The molecule has 0 N–H and O–H groups in total. The van der Waals surface area contributed by atoms with Crippen molar-refractivity contribution in [2.75, 3.05) is 36.0 Å². The zero-order chi connectivity index (χ0) is 23.1. The van der Waals surface area contributed by atoms with Crippen LogP contribution in [0.1, 0.15) is 47.2 Å². The molecular weight excluding hydrogens is 414 g/mol. The van der Waals surface area contributed by atoms with Crippen molar-refractivity contribution in [3.63, 3.8) is 0 Å². The maximum Gasteiger partial charge on any atom is 0.253 e. The van der Waals surface area contributed by atoms with Gasteiger partial charge in [-0.3, -0.25) is 19.3 Å². The lowest BCUT2D eigenvalue weighted by Crippen LogP contribution is -2.49. The fourth-order valence-electron chi connectivity index (χ4n) is 5.79. The van der Waals surface area contributed by atoms with Crippen LogP contribution in [0.15, 0.2) is 42.5 Å². The highest BCUT2D eigenvalue weighted by Crippen LogP contribution is 2.40. The molecule has 172 valence electrons. The van der Waals surface area contributed by atoms with E-state index in [-0.39, 0.29) is 29.6 Å². The molecule has 3 aliphatic rings. The number of aryl methyl sites for hydroxylation is 2. The molecule has 0 bridgehead atoms. The van der Waals surface area contributed by atoms with Gasteiger partial charge in [0.1, 0.15) is 0 Å². The van der Waals surface area contributed by atoms with Crippen molar-refractivity contribution >= 4 is 29.1 Å². The predicted octanol–water partition coefficient (Wildman–Crippen LogP) is 3.95. The second-order valence-corrected chi connectivity index (χ2v) is 9.58. The summed E-state index contributed by atoms with van der Waals surface area (Å²) in [4.78, 5) is 44.4. The van der Waals surface area contributed by atoms with Gasteiger partial charge < -0.3 is 9.80 Å². The van der Waals surface area contributed by atoms with Crippen LogP contribution in [0.5, 0.6) is 0 Å². The second-order valence-electron chi connectivity index (χ2n) is 9.58. The fraction of sp³-hybridized carbons (Fsp3) is 0.444. The topological polar surface area (TPSA) is 60.9 Å². The molecule has 2 aromatic rings. The maximum absolute atomic E-state index is 13.1. The van der Waals surface area contributed by atoms with E-state index in [2.05, 4.69) is 36.9 Å². The highest BCUT2D eigenvalue weighted by atomic mass is 16.2. The van der Waals surface area contributed by atoms with Gasteiger partial charge in [0.25, 0.3) is 5.91 Å². The second kappa shape index (κ2) is 8.65. The molecule has 6 heteroatoms. The number of rotatable bonds is 3. The van der Waals surface area contributed by atoms with E-state index in [0.717, 1.165) is 38.8 Å². The lowest BCUT2D eigenvalue weighted by atomic mass is 9.81. The van der Waals surface area contributed by atoms with Gasteiger partial charge >= 0.3 is 0 Å². The molecule has 2 aromatic carbocycles. The van der Waals surface area contributed by atoms with Gasteiger partial charge in [-0.25, -0.2) is 0 Å². The summed E-state index contributed by atoms with van der Waals surface area (Å²) in [6.07, 6.45) is 3.63. The van der Waals surface area contributed by atoms with Crippen LogP contribution in [0.25, 0.3) is 0 Å². The Morgan fingerprint density at radius 2 is 1.33 bits per heavy atom. The number of benzene rings is 2. The van der Waals surface area contributed by atoms with Crippen LogP contribution in [0.3, 0.4) is 0 Å². The molecule has 3 amide bonds. The fourth-order valence-corrected chi connectivity index (χ4v) is 5.79. The first kappa shape index (κ1) is 21.7. The quantitative estimate of drug-likeness (QED) is 0.672. The number of anilines is 2. The molecule has 2 saturated heterocycles. The van der Waals surface area contributed by atoms with E-state index in [9.17, 15) is 14.4 Å². The summed E-state index contributed by atoms with van der Waals surface area (Å²) in [5.74, 6) is -0.491. The van der Waals surface area contributed by atoms with Crippen molar-refractivity contribution in [2.45, 2.75) is 39.5 Å². The average Bonchev–Trinajstić information content (AvgIpc) is 3.09. The Morgan fingerprint density at radius 1 is 0.788 bits per heavy atom. The van der Waals surface area contributed by atoms with Crippen molar-refractivity contribution in [3.05, 3.63) is 59.2 Å². The van der Waals surface area contributed by atoms with Crippen molar-refractivity contribution in [2.24, 2.45) is 11.8 Å². The Hall–Kier alpha value is -3.15. The molecule has 1 aliphatic carbocycles. The molecule has 2 atom stereocenters. The summed E-state index contributed by atoms with van der Waals surface area (Å²) in [6, 6.07) is 13.3. The van der Waals surface area contributed by atoms with Crippen LogP contribution in [-0.4, -0.2) is 48.8 Å². The van der Waals surface area contributed by atoms with E-state index in [0.29, 0.717) is 24.3 Å². The van der Waals surface area contributed by atoms with Crippen LogP contribution in [0.4, 0.5) is 11.4 Å². The zero-order valence-electron chi connectivity index (χ0n) is 19.4. The van der Waals surface area contributed by atoms with Crippen LogP contribution in [0, 0.1) is 25.7 Å².